The monoisotopic (exact) mass is 464 g/mol. The van der Waals surface area contributed by atoms with E-state index < -0.39 is 29.6 Å². The molecule has 0 fully saturated rings. The smallest absolute Gasteiger partial charge is 0.244 e. The second-order valence-electron chi connectivity index (χ2n) is 9.18. The van der Waals surface area contributed by atoms with Crippen LogP contribution in [0.4, 0.5) is 4.79 Å². The van der Waals surface area contributed by atoms with Crippen molar-refractivity contribution in [2.45, 2.75) is 64.7 Å². The zero-order valence-electron chi connectivity index (χ0n) is 20.3. The molecule has 0 aliphatic carbocycles. The molecule has 2 N–H and O–H groups in total. The van der Waals surface area contributed by atoms with Gasteiger partial charge < -0.3 is 25.4 Å². The first kappa shape index (κ1) is 26.6. The molecule has 3 amide bonds. The Labute approximate surface area is 201 Å². The molecule has 0 spiro atoms. The van der Waals surface area contributed by atoms with Gasteiger partial charge in [-0.2, -0.15) is 0 Å². The molecule has 0 bridgehead atoms. The van der Waals surface area contributed by atoms with Crippen molar-refractivity contribution in [3.05, 3.63) is 83.9 Å². The molecule has 0 aromatic heterocycles. The highest BCUT2D eigenvalue weighted by Crippen LogP contribution is 2.17. The Bertz CT molecular complexity index is 968. The van der Waals surface area contributed by atoms with Gasteiger partial charge in [0.15, 0.2) is 0 Å². The Hall–Kier alpha value is -3.61. The van der Waals surface area contributed by atoms with Crippen LogP contribution >= 0.6 is 0 Å². The summed E-state index contributed by atoms with van der Waals surface area (Å²) in [6, 6.07) is 18.0. The van der Waals surface area contributed by atoms with Crippen LogP contribution in [0.3, 0.4) is 0 Å². The highest BCUT2D eigenvalue weighted by Gasteiger charge is 2.31. The van der Waals surface area contributed by atoms with E-state index in [9.17, 15) is 19.5 Å². The molecule has 0 saturated carbocycles. The summed E-state index contributed by atoms with van der Waals surface area (Å²) in [4.78, 5) is 38.0. The van der Waals surface area contributed by atoms with Gasteiger partial charge in [-0.15, -0.1) is 0 Å². The minimum absolute atomic E-state index is 0.276. The van der Waals surface area contributed by atoms with Crippen LogP contribution in [-0.4, -0.2) is 40.4 Å². The van der Waals surface area contributed by atoms with E-state index in [-0.39, 0.29) is 5.91 Å². The van der Waals surface area contributed by atoms with Gasteiger partial charge in [0.05, 0.1) is 0 Å². The van der Waals surface area contributed by atoms with Gasteiger partial charge in [-0.1, -0.05) is 66.7 Å². The maximum Gasteiger partial charge on any atom is 0.244 e. The molecule has 2 rings (SSSR count). The number of hydrogen-bond donors (Lipinski definition) is 2. The molecule has 2 aromatic carbocycles. The molecule has 0 saturated heterocycles. The van der Waals surface area contributed by atoms with Crippen LogP contribution in [0.1, 0.15) is 45.2 Å². The zero-order valence-corrected chi connectivity index (χ0v) is 20.3. The molecule has 0 unspecified atom stereocenters. The van der Waals surface area contributed by atoms with Gasteiger partial charge in [0.1, 0.15) is 12.1 Å². The van der Waals surface area contributed by atoms with E-state index in [1.807, 2.05) is 60.7 Å². The molecule has 182 valence electrons. The highest BCUT2D eigenvalue weighted by atomic mass is 16.4. The van der Waals surface area contributed by atoms with E-state index >= 15 is 0 Å². The molecule has 34 heavy (non-hydrogen) atoms. The van der Waals surface area contributed by atoms with E-state index in [2.05, 4.69) is 10.6 Å². The van der Waals surface area contributed by atoms with Crippen LogP contribution in [0, 0.1) is 0 Å². The molecule has 7 nitrogen and oxygen atoms in total. The summed E-state index contributed by atoms with van der Waals surface area (Å²) in [5.41, 5.74) is 1.28. The topological polar surface area (TPSA) is 102 Å². The van der Waals surface area contributed by atoms with E-state index in [0.29, 0.717) is 19.4 Å². The maximum absolute atomic E-state index is 12.9. The first-order valence-electron chi connectivity index (χ1n) is 11.4. The first-order valence-corrected chi connectivity index (χ1v) is 11.4. The minimum Gasteiger partial charge on any atom is -0.530 e. The third kappa shape index (κ3) is 8.73. The summed E-state index contributed by atoms with van der Waals surface area (Å²) in [7, 11) is 0. The average molecular weight is 465 g/mol. The number of benzene rings is 2. The third-order valence-electron chi connectivity index (χ3n) is 5.39. The standard InChI is InChI=1S/C27H35N3O4/c1-20(30(26(33)34)27(2,3)4)25(32)29-23(16-15-21-11-7-5-8-12-21)17-18-24(31)28-19-22-13-9-6-10-14-22/h5-14,17-18,20,23H,15-16,19H2,1-4H3,(H,28,31)(H,29,32)(H,33,34)/p-1/b18-17+/t20-,23-/m0/s1. The number of carbonyl (C=O) groups is 3. The zero-order chi connectivity index (χ0) is 25.1. The van der Waals surface area contributed by atoms with Crippen LogP contribution in [0.2, 0.25) is 0 Å². The lowest BCUT2D eigenvalue weighted by atomic mass is 10.0. The summed E-state index contributed by atoms with van der Waals surface area (Å²) in [5, 5.41) is 17.4. The van der Waals surface area contributed by atoms with Gasteiger partial charge in [0, 0.05) is 24.2 Å². The maximum atomic E-state index is 12.9. The average Bonchev–Trinajstić information content (AvgIpc) is 2.79. The summed E-state index contributed by atoms with van der Waals surface area (Å²) < 4.78 is 0. The second kappa shape index (κ2) is 12.6. The fourth-order valence-electron chi connectivity index (χ4n) is 3.66. The number of carbonyl (C=O) groups excluding carboxylic acids is 3. The normalized spacial score (nSPS) is 13.2. The van der Waals surface area contributed by atoms with Crippen molar-refractivity contribution < 1.29 is 19.5 Å². The van der Waals surface area contributed by atoms with Crippen LogP contribution < -0.4 is 15.7 Å². The third-order valence-corrected chi connectivity index (χ3v) is 5.39. The quantitative estimate of drug-likeness (QED) is 0.528. The van der Waals surface area contributed by atoms with Crippen LogP contribution in [0.5, 0.6) is 0 Å². The van der Waals surface area contributed by atoms with Gasteiger partial charge in [-0.25, -0.2) is 0 Å². The van der Waals surface area contributed by atoms with E-state index in [1.54, 1.807) is 26.8 Å². The fraction of sp³-hybridized carbons (Fsp3) is 0.370. The van der Waals surface area contributed by atoms with Crippen molar-refractivity contribution in [2.24, 2.45) is 0 Å². The van der Waals surface area contributed by atoms with Crippen LogP contribution in [-0.2, 0) is 22.6 Å². The summed E-state index contributed by atoms with van der Waals surface area (Å²) in [6.45, 7) is 7.04. The molecule has 0 aliphatic heterocycles. The van der Waals surface area contributed by atoms with Crippen molar-refractivity contribution in [3.63, 3.8) is 0 Å². The molecule has 0 radical (unpaired) electrons. The van der Waals surface area contributed by atoms with Gasteiger partial charge in [-0.05, 0) is 51.7 Å². The summed E-state index contributed by atoms with van der Waals surface area (Å²) >= 11 is 0. The van der Waals surface area contributed by atoms with Crippen molar-refractivity contribution in [1.29, 1.82) is 0 Å². The van der Waals surface area contributed by atoms with Crippen molar-refractivity contribution >= 4 is 17.9 Å². The predicted octanol–water partition coefficient (Wildman–Crippen LogP) is 2.81. The number of carboxylic acid groups (broad SMARTS) is 1. The Morgan fingerprint density at radius 3 is 2.06 bits per heavy atom. The molecular formula is C27H34N3O4-. The van der Waals surface area contributed by atoms with E-state index in [4.69, 9.17) is 0 Å². The lowest BCUT2D eigenvalue weighted by Crippen LogP contribution is -2.60. The van der Waals surface area contributed by atoms with Gasteiger partial charge in [-0.3, -0.25) is 9.59 Å². The SMILES string of the molecule is C[C@@H](C(=O)N[C@H](/C=C/C(=O)NCc1ccccc1)CCc1ccccc1)N(C(=O)[O-])C(C)(C)C. The van der Waals surface area contributed by atoms with Gasteiger partial charge in [0.2, 0.25) is 11.8 Å². The van der Waals surface area contributed by atoms with E-state index in [1.165, 1.54) is 13.0 Å². The Kier molecular flexibility index (Phi) is 9.86. The molecule has 7 heteroatoms. The molecular weight excluding hydrogens is 430 g/mol. The Morgan fingerprint density at radius 1 is 0.971 bits per heavy atom. The van der Waals surface area contributed by atoms with Crippen molar-refractivity contribution in [2.75, 3.05) is 0 Å². The van der Waals surface area contributed by atoms with Crippen LogP contribution in [0.15, 0.2) is 72.8 Å². The number of aryl methyl sites for hydroxylation is 1. The largest absolute Gasteiger partial charge is 0.530 e. The number of rotatable bonds is 10. The highest BCUT2D eigenvalue weighted by molar-refractivity contribution is 5.88. The predicted molar refractivity (Wildman–Crippen MR) is 131 cm³/mol. The van der Waals surface area contributed by atoms with Gasteiger partial charge in [0.25, 0.3) is 0 Å². The second-order valence-corrected chi connectivity index (χ2v) is 9.18. The van der Waals surface area contributed by atoms with Crippen molar-refractivity contribution in [3.8, 4) is 0 Å². The van der Waals surface area contributed by atoms with E-state index in [0.717, 1.165) is 16.0 Å². The van der Waals surface area contributed by atoms with Gasteiger partial charge >= 0.3 is 0 Å². The number of hydrogen-bond acceptors (Lipinski definition) is 4. The van der Waals surface area contributed by atoms with Crippen LogP contribution in [0.25, 0.3) is 0 Å². The number of nitrogens with zero attached hydrogens (tertiary/aromatic N) is 1. The molecule has 0 heterocycles. The molecule has 2 aromatic rings. The fourth-order valence-corrected chi connectivity index (χ4v) is 3.66. The lowest BCUT2D eigenvalue weighted by Gasteiger charge is -2.41. The van der Waals surface area contributed by atoms with Crippen molar-refractivity contribution in [1.82, 2.24) is 15.5 Å². The summed E-state index contributed by atoms with van der Waals surface area (Å²) in [6.07, 6.45) is 2.87. The Balaban J connectivity index is 2.08. The minimum atomic E-state index is -1.41. The number of nitrogens with one attached hydrogen (secondary N) is 2. The molecule has 2 atom stereocenters. The molecule has 0 aliphatic rings. The first-order chi connectivity index (χ1) is 16.1. The summed E-state index contributed by atoms with van der Waals surface area (Å²) in [5.74, 6) is -0.728. The number of amides is 3. The Morgan fingerprint density at radius 2 is 1.53 bits per heavy atom. The lowest BCUT2D eigenvalue weighted by molar-refractivity contribution is -0.272.